The Morgan fingerprint density at radius 1 is 1.21 bits per heavy atom. The van der Waals surface area contributed by atoms with Gasteiger partial charge in [-0.25, -0.2) is 4.68 Å². The molecule has 1 heterocycles. The highest BCUT2D eigenvalue weighted by atomic mass is 32.2. The first-order valence-corrected chi connectivity index (χ1v) is 7.37. The minimum absolute atomic E-state index is 0.151. The molecular weight excluding hydrogens is 256 g/mol. The second-order valence-corrected chi connectivity index (χ2v) is 7.29. The van der Waals surface area contributed by atoms with Crippen molar-refractivity contribution in [2.75, 3.05) is 5.75 Å². The van der Waals surface area contributed by atoms with Crippen LogP contribution < -0.4 is 0 Å². The average molecular weight is 276 g/mol. The zero-order valence-electron chi connectivity index (χ0n) is 11.6. The Balaban J connectivity index is 2.16. The lowest BCUT2D eigenvalue weighted by molar-refractivity contribution is 0.195. The van der Waals surface area contributed by atoms with Crippen LogP contribution in [0.5, 0.6) is 0 Å². The molecule has 0 aliphatic heterocycles. The van der Waals surface area contributed by atoms with Crippen molar-refractivity contribution in [1.29, 1.82) is 0 Å². The number of para-hydroxylation sites is 1. The van der Waals surface area contributed by atoms with Gasteiger partial charge >= 0.3 is 0 Å². The second kappa shape index (κ2) is 5.80. The van der Waals surface area contributed by atoms with E-state index in [4.69, 9.17) is 0 Å². The molecule has 2 rings (SSSR count). The van der Waals surface area contributed by atoms with Gasteiger partial charge in [0.2, 0.25) is 0 Å². The lowest BCUT2D eigenvalue weighted by atomic mass is 10.2. The molecular formula is C15H20N2OS. The van der Waals surface area contributed by atoms with Crippen LogP contribution in [0.15, 0.2) is 42.6 Å². The number of aliphatic hydroxyl groups excluding tert-OH is 1. The normalized spacial score (nSPS) is 13.5. The standard InChI is InChI=1S/C15H20N2OS/c1-15(2,3)19-11-14(18)13-9-10-16-17(13)12-7-5-4-6-8-12/h4-10,14,18H,11H2,1-3H3. The molecule has 1 unspecified atom stereocenters. The third-order valence-electron chi connectivity index (χ3n) is 2.69. The van der Waals surface area contributed by atoms with Crippen molar-refractivity contribution < 1.29 is 5.11 Å². The Morgan fingerprint density at radius 3 is 2.53 bits per heavy atom. The van der Waals surface area contributed by atoms with E-state index in [1.807, 2.05) is 36.4 Å². The Morgan fingerprint density at radius 2 is 1.89 bits per heavy atom. The zero-order valence-corrected chi connectivity index (χ0v) is 12.4. The number of nitrogens with zero attached hydrogens (tertiary/aromatic N) is 2. The van der Waals surface area contributed by atoms with E-state index in [2.05, 4.69) is 25.9 Å². The van der Waals surface area contributed by atoms with Gasteiger partial charge in [0.25, 0.3) is 0 Å². The summed E-state index contributed by atoms with van der Waals surface area (Å²) < 4.78 is 1.95. The number of hydrogen-bond donors (Lipinski definition) is 1. The fourth-order valence-electron chi connectivity index (χ4n) is 1.77. The Labute approximate surface area is 118 Å². The molecule has 0 spiro atoms. The quantitative estimate of drug-likeness (QED) is 0.929. The van der Waals surface area contributed by atoms with Crippen LogP contribution in [-0.4, -0.2) is 25.4 Å². The van der Waals surface area contributed by atoms with Crippen LogP contribution in [0, 0.1) is 0 Å². The van der Waals surface area contributed by atoms with Crippen LogP contribution in [0.2, 0.25) is 0 Å². The van der Waals surface area contributed by atoms with Gasteiger partial charge in [-0.2, -0.15) is 16.9 Å². The fourth-order valence-corrected chi connectivity index (χ4v) is 2.59. The average Bonchev–Trinajstić information content (AvgIpc) is 2.85. The molecule has 0 saturated carbocycles. The fraction of sp³-hybridized carbons (Fsp3) is 0.400. The van der Waals surface area contributed by atoms with Crippen LogP contribution >= 0.6 is 11.8 Å². The maximum absolute atomic E-state index is 10.3. The molecule has 0 bridgehead atoms. The zero-order chi connectivity index (χ0) is 13.9. The van der Waals surface area contributed by atoms with Gasteiger partial charge in [0.1, 0.15) is 6.10 Å². The van der Waals surface area contributed by atoms with E-state index < -0.39 is 6.10 Å². The lowest BCUT2D eigenvalue weighted by Crippen LogP contribution is -2.14. The highest BCUT2D eigenvalue weighted by molar-refractivity contribution is 8.00. The number of benzene rings is 1. The Bertz CT molecular complexity index is 516. The molecule has 1 N–H and O–H groups in total. The molecule has 102 valence electrons. The third-order valence-corrected chi connectivity index (χ3v) is 4.04. The summed E-state index contributed by atoms with van der Waals surface area (Å²) in [7, 11) is 0. The first kappa shape index (κ1) is 14.2. The van der Waals surface area contributed by atoms with Crippen LogP contribution in [0.1, 0.15) is 32.6 Å². The van der Waals surface area contributed by atoms with E-state index >= 15 is 0 Å². The van der Waals surface area contributed by atoms with Crippen molar-refractivity contribution in [3.05, 3.63) is 48.3 Å². The van der Waals surface area contributed by atoms with E-state index in [1.54, 1.807) is 22.6 Å². The van der Waals surface area contributed by atoms with Gasteiger partial charge < -0.3 is 5.11 Å². The number of aromatic nitrogens is 2. The van der Waals surface area contributed by atoms with Gasteiger partial charge in [-0.15, -0.1) is 0 Å². The van der Waals surface area contributed by atoms with Crippen molar-refractivity contribution in [2.45, 2.75) is 31.6 Å². The minimum Gasteiger partial charge on any atom is -0.386 e. The minimum atomic E-state index is -0.507. The maximum atomic E-state index is 10.3. The molecule has 19 heavy (non-hydrogen) atoms. The molecule has 0 aliphatic rings. The summed E-state index contributed by atoms with van der Waals surface area (Å²) in [6.45, 7) is 6.46. The number of aliphatic hydroxyl groups is 1. The highest BCUT2D eigenvalue weighted by Crippen LogP contribution is 2.28. The number of hydrogen-bond acceptors (Lipinski definition) is 3. The monoisotopic (exact) mass is 276 g/mol. The molecule has 1 atom stereocenters. The lowest BCUT2D eigenvalue weighted by Gasteiger charge is -2.20. The van der Waals surface area contributed by atoms with Crippen molar-refractivity contribution >= 4 is 11.8 Å². The van der Waals surface area contributed by atoms with Crippen molar-refractivity contribution in [3.63, 3.8) is 0 Å². The number of rotatable bonds is 4. The van der Waals surface area contributed by atoms with Crippen LogP contribution in [0.4, 0.5) is 0 Å². The molecule has 0 amide bonds. The first-order valence-electron chi connectivity index (χ1n) is 6.39. The topological polar surface area (TPSA) is 38.1 Å². The molecule has 2 aromatic rings. The molecule has 1 aromatic heterocycles. The van der Waals surface area contributed by atoms with Gasteiger partial charge in [-0.1, -0.05) is 39.0 Å². The van der Waals surface area contributed by atoms with Crippen molar-refractivity contribution in [2.24, 2.45) is 0 Å². The van der Waals surface area contributed by atoms with Gasteiger partial charge in [-0.05, 0) is 18.2 Å². The third kappa shape index (κ3) is 3.85. The smallest absolute Gasteiger partial charge is 0.105 e. The van der Waals surface area contributed by atoms with Gasteiger partial charge in [0, 0.05) is 16.7 Å². The molecule has 0 radical (unpaired) electrons. The summed E-state index contributed by atoms with van der Waals surface area (Å²) >= 11 is 1.75. The Hall–Kier alpha value is -1.26. The van der Waals surface area contributed by atoms with Crippen LogP contribution in [0.25, 0.3) is 5.69 Å². The highest BCUT2D eigenvalue weighted by Gasteiger charge is 2.18. The van der Waals surface area contributed by atoms with Gasteiger partial charge in [0.05, 0.1) is 11.4 Å². The molecule has 0 aliphatic carbocycles. The van der Waals surface area contributed by atoms with Crippen molar-refractivity contribution in [3.8, 4) is 5.69 Å². The predicted molar refractivity (Wildman–Crippen MR) is 80.7 cm³/mol. The first-order chi connectivity index (χ1) is 8.97. The van der Waals surface area contributed by atoms with E-state index in [0.717, 1.165) is 11.4 Å². The van der Waals surface area contributed by atoms with Crippen molar-refractivity contribution in [1.82, 2.24) is 9.78 Å². The largest absolute Gasteiger partial charge is 0.386 e. The van der Waals surface area contributed by atoms with E-state index in [9.17, 15) is 5.11 Å². The predicted octanol–water partition coefficient (Wildman–Crippen LogP) is 3.44. The Kier molecular flexibility index (Phi) is 4.32. The van der Waals surface area contributed by atoms with Gasteiger partial charge in [0.15, 0.2) is 0 Å². The summed E-state index contributed by atoms with van der Waals surface area (Å²) in [6, 6.07) is 11.8. The van der Waals surface area contributed by atoms with E-state index in [0.29, 0.717) is 5.75 Å². The maximum Gasteiger partial charge on any atom is 0.105 e. The molecule has 1 aromatic carbocycles. The molecule has 0 saturated heterocycles. The van der Waals surface area contributed by atoms with Crippen LogP contribution in [-0.2, 0) is 0 Å². The molecule has 4 heteroatoms. The summed E-state index contributed by atoms with van der Waals surface area (Å²) in [5, 5.41) is 14.6. The van der Waals surface area contributed by atoms with E-state index in [-0.39, 0.29) is 4.75 Å². The molecule has 0 fully saturated rings. The summed E-state index contributed by atoms with van der Waals surface area (Å²) in [6.07, 6.45) is 1.22. The second-order valence-electron chi connectivity index (χ2n) is 5.44. The van der Waals surface area contributed by atoms with E-state index in [1.165, 1.54) is 0 Å². The molecule has 3 nitrogen and oxygen atoms in total. The van der Waals surface area contributed by atoms with Crippen LogP contribution in [0.3, 0.4) is 0 Å². The summed E-state index contributed by atoms with van der Waals surface area (Å²) in [5.41, 5.74) is 1.81. The SMILES string of the molecule is CC(C)(C)SCC(O)c1ccnn1-c1ccccc1. The van der Waals surface area contributed by atoms with Gasteiger partial charge in [-0.3, -0.25) is 0 Å². The number of thioether (sulfide) groups is 1. The summed E-state index contributed by atoms with van der Waals surface area (Å²) in [5.74, 6) is 0.669. The summed E-state index contributed by atoms with van der Waals surface area (Å²) in [4.78, 5) is 0.